The third-order valence-corrected chi connectivity index (χ3v) is 4.22. The van der Waals surface area contributed by atoms with Crippen LogP contribution in [0.3, 0.4) is 0 Å². The van der Waals surface area contributed by atoms with Gasteiger partial charge in [-0.1, -0.05) is 36.8 Å². The summed E-state index contributed by atoms with van der Waals surface area (Å²) < 4.78 is 0. The molecule has 0 saturated carbocycles. The molecule has 1 heterocycles. The summed E-state index contributed by atoms with van der Waals surface area (Å²) in [7, 11) is 0. The molecule has 1 unspecified atom stereocenters. The smallest absolute Gasteiger partial charge is 0.223 e. The van der Waals surface area contributed by atoms with Crippen LogP contribution in [0.1, 0.15) is 43.7 Å². The molecule has 1 aromatic rings. The zero-order chi connectivity index (χ0) is 14.5. The van der Waals surface area contributed by atoms with Gasteiger partial charge in [-0.25, -0.2) is 0 Å². The molecule has 1 aliphatic rings. The van der Waals surface area contributed by atoms with Crippen molar-refractivity contribution in [2.75, 3.05) is 13.1 Å². The molecule has 118 valence electrons. The Bertz CT molecular complexity index is 447. The summed E-state index contributed by atoms with van der Waals surface area (Å²) in [4.78, 5) is 12.2. The van der Waals surface area contributed by atoms with Gasteiger partial charge in [0.2, 0.25) is 5.91 Å². The number of amides is 1. The lowest BCUT2D eigenvalue weighted by Gasteiger charge is -2.27. The van der Waals surface area contributed by atoms with Crippen LogP contribution in [0.2, 0.25) is 0 Å². The Labute approximate surface area is 134 Å². The summed E-state index contributed by atoms with van der Waals surface area (Å²) in [6.45, 7) is 8.08. The molecule has 0 spiro atoms. The van der Waals surface area contributed by atoms with Crippen LogP contribution in [0.15, 0.2) is 24.3 Å². The Morgan fingerprint density at radius 1 is 1.38 bits per heavy atom. The topological polar surface area (TPSA) is 41.1 Å². The van der Waals surface area contributed by atoms with Crippen molar-refractivity contribution in [1.29, 1.82) is 0 Å². The zero-order valence-corrected chi connectivity index (χ0v) is 14.0. The number of halogens is 1. The molecule has 0 bridgehead atoms. The van der Waals surface area contributed by atoms with Crippen LogP contribution in [-0.4, -0.2) is 25.0 Å². The third-order valence-electron chi connectivity index (χ3n) is 4.22. The first-order chi connectivity index (χ1) is 9.56. The quantitative estimate of drug-likeness (QED) is 0.897. The highest BCUT2D eigenvalue weighted by molar-refractivity contribution is 5.85. The number of piperidine rings is 1. The predicted octanol–water partition coefficient (Wildman–Crippen LogP) is 3.02. The second-order valence-corrected chi connectivity index (χ2v) is 6.13. The summed E-state index contributed by atoms with van der Waals surface area (Å²) in [6, 6.07) is 9.01. The molecule has 4 heteroatoms. The number of carbonyl (C=O) groups is 1. The highest BCUT2D eigenvalue weighted by Gasteiger charge is 2.24. The number of nitrogens with one attached hydrogen (secondary N) is 2. The Morgan fingerprint density at radius 2 is 2.05 bits per heavy atom. The van der Waals surface area contributed by atoms with Gasteiger partial charge >= 0.3 is 0 Å². The van der Waals surface area contributed by atoms with E-state index in [1.807, 2.05) is 0 Å². The number of aryl methyl sites for hydroxylation is 1. The Hall–Kier alpha value is -1.06. The average Bonchev–Trinajstić information content (AvgIpc) is 2.45. The molecule has 21 heavy (non-hydrogen) atoms. The van der Waals surface area contributed by atoms with Gasteiger partial charge in [0.15, 0.2) is 0 Å². The summed E-state index contributed by atoms with van der Waals surface area (Å²) in [5, 5.41) is 6.50. The molecule has 1 amide bonds. The van der Waals surface area contributed by atoms with Gasteiger partial charge in [-0.05, 0) is 44.7 Å². The molecule has 1 aromatic carbocycles. The van der Waals surface area contributed by atoms with Crippen LogP contribution in [0.5, 0.6) is 0 Å². The first-order valence-corrected chi connectivity index (χ1v) is 7.64. The van der Waals surface area contributed by atoms with Gasteiger partial charge in [-0.2, -0.15) is 0 Å². The van der Waals surface area contributed by atoms with Gasteiger partial charge < -0.3 is 10.6 Å². The van der Waals surface area contributed by atoms with E-state index in [4.69, 9.17) is 0 Å². The lowest BCUT2D eigenvalue weighted by molar-refractivity contribution is -0.126. The molecule has 3 nitrogen and oxygen atoms in total. The first-order valence-electron chi connectivity index (χ1n) is 7.64. The van der Waals surface area contributed by atoms with Gasteiger partial charge in [0.1, 0.15) is 0 Å². The molecule has 1 fully saturated rings. The number of carbonyl (C=O) groups excluding carboxylic acids is 1. The van der Waals surface area contributed by atoms with E-state index < -0.39 is 0 Å². The van der Waals surface area contributed by atoms with Gasteiger partial charge in [0.25, 0.3) is 0 Å². The molecule has 2 rings (SSSR count). The van der Waals surface area contributed by atoms with Crippen molar-refractivity contribution in [3.63, 3.8) is 0 Å². The van der Waals surface area contributed by atoms with E-state index in [0.717, 1.165) is 25.9 Å². The highest BCUT2D eigenvalue weighted by Crippen LogP contribution is 2.18. The molecule has 3 atom stereocenters. The molecule has 1 aliphatic heterocycles. The van der Waals surface area contributed by atoms with Crippen LogP contribution in [0.25, 0.3) is 0 Å². The minimum Gasteiger partial charge on any atom is -0.355 e. The van der Waals surface area contributed by atoms with E-state index in [0.29, 0.717) is 12.0 Å². The van der Waals surface area contributed by atoms with Gasteiger partial charge in [0, 0.05) is 18.5 Å². The maximum Gasteiger partial charge on any atom is 0.223 e. The fraction of sp³-hybridized carbons (Fsp3) is 0.588. The van der Waals surface area contributed by atoms with E-state index in [1.54, 1.807) is 0 Å². The summed E-state index contributed by atoms with van der Waals surface area (Å²) in [5.74, 6) is 0.757. The zero-order valence-electron chi connectivity index (χ0n) is 13.2. The maximum absolute atomic E-state index is 12.2. The fourth-order valence-electron chi connectivity index (χ4n) is 2.78. The highest BCUT2D eigenvalue weighted by atomic mass is 35.5. The van der Waals surface area contributed by atoms with Crippen molar-refractivity contribution < 1.29 is 4.79 Å². The van der Waals surface area contributed by atoms with Crippen LogP contribution in [0.4, 0.5) is 0 Å². The SMILES string of the molecule is Cc1ccc(C(C)CNC(=O)[C@H]2CCN[C@@H](C)C2)cc1.Cl. The number of hydrogen-bond donors (Lipinski definition) is 2. The standard InChI is InChI=1S/C17H26N2O.ClH/c1-12-4-6-15(7-5-12)13(2)11-19-17(20)16-8-9-18-14(3)10-16;/h4-7,13-14,16,18H,8-11H2,1-3H3,(H,19,20);1H/t13?,14-,16-;/m0./s1. The monoisotopic (exact) mass is 310 g/mol. The van der Waals surface area contributed by atoms with Crippen molar-refractivity contribution in [2.45, 2.75) is 45.6 Å². The minimum atomic E-state index is 0. The molecule has 0 aliphatic carbocycles. The van der Waals surface area contributed by atoms with Crippen molar-refractivity contribution >= 4 is 18.3 Å². The predicted molar refractivity (Wildman–Crippen MR) is 90.0 cm³/mol. The number of hydrogen-bond acceptors (Lipinski definition) is 2. The lowest BCUT2D eigenvalue weighted by atomic mass is 9.92. The maximum atomic E-state index is 12.2. The van der Waals surface area contributed by atoms with E-state index in [2.05, 4.69) is 55.7 Å². The molecular formula is C17H27ClN2O. The Balaban J connectivity index is 0.00000220. The number of rotatable bonds is 4. The van der Waals surface area contributed by atoms with Crippen molar-refractivity contribution in [3.8, 4) is 0 Å². The van der Waals surface area contributed by atoms with Crippen molar-refractivity contribution in [1.82, 2.24) is 10.6 Å². The van der Waals surface area contributed by atoms with Crippen molar-refractivity contribution in [2.24, 2.45) is 5.92 Å². The first kappa shape index (κ1) is 18.0. The van der Waals surface area contributed by atoms with Gasteiger partial charge in [-0.15, -0.1) is 12.4 Å². The average molecular weight is 311 g/mol. The molecule has 1 saturated heterocycles. The fourth-order valence-corrected chi connectivity index (χ4v) is 2.78. The minimum absolute atomic E-state index is 0. The molecule has 0 aromatic heterocycles. The Morgan fingerprint density at radius 3 is 2.67 bits per heavy atom. The van der Waals surface area contributed by atoms with E-state index in [9.17, 15) is 4.79 Å². The van der Waals surface area contributed by atoms with E-state index >= 15 is 0 Å². The second kappa shape index (κ2) is 8.40. The summed E-state index contributed by atoms with van der Waals surface area (Å²) >= 11 is 0. The van der Waals surface area contributed by atoms with Crippen LogP contribution in [-0.2, 0) is 4.79 Å². The molecule has 0 radical (unpaired) electrons. The van der Waals surface area contributed by atoms with E-state index in [1.165, 1.54) is 11.1 Å². The summed E-state index contributed by atoms with van der Waals surface area (Å²) in [5.41, 5.74) is 2.56. The normalized spacial score (nSPS) is 23.0. The second-order valence-electron chi connectivity index (χ2n) is 6.13. The van der Waals surface area contributed by atoms with Crippen LogP contribution in [0, 0.1) is 12.8 Å². The van der Waals surface area contributed by atoms with Gasteiger partial charge in [0.05, 0.1) is 0 Å². The van der Waals surface area contributed by atoms with Crippen LogP contribution >= 0.6 is 12.4 Å². The largest absolute Gasteiger partial charge is 0.355 e. The number of benzene rings is 1. The van der Waals surface area contributed by atoms with Crippen molar-refractivity contribution in [3.05, 3.63) is 35.4 Å². The molecular weight excluding hydrogens is 284 g/mol. The summed E-state index contributed by atoms with van der Waals surface area (Å²) in [6.07, 6.45) is 1.90. The van der Waals surface area contributed by atoms with Crippen LogP contribution < -0.4 is 10.6 Å². The molecule has 2 N–H and O–H groups in total. The van der Waals surface area contributed by atoms with Gasteiger partial charge in [-0.3, -0.25) is 4.79 Å². The Kier molecular flexibility index (Phi) is 7.20. The third kappa shape index (κ3) is 5.33. The lowest BCUT2D eigenvalue weighted by Crippen LogP contribution is -2.43. The van der Waals surface area contributed by atoms with E-state index in [-0.39, 0.29) is 24.2 Å².